The van der Waals surface area contributed by atoms with E-state index in [2.05, 4.69) is 26.8 Å². The lowest BCUT2D eigenvalue weighted by Crippen LogP contribution is -2.72. The van der Waals surface area contributed by atoms with Crippen LogP contribution in [0.5, 0.6) is 0 Å². The van der Waals surface area contributed by atoms with E-state index in [1.54, 1.807) is 0 Å². The average molecular weight is 725 g/mol. The molecule has 290 valence electrons. The summed E-state index contributed by atoms with van der Waals surface area (Å²) in [6, 6.07) is 0. The molecule has 1 heterocycles. The molecule has 13 heteroatoms. The molecule has 4 saturated carbocycles. The molecule has 0 radical (unpaired) electrons. The molecule has 1 saturated heterocycles. The summed E-state index contributed by atoms with van der Waals surface area (Å²) in [6.45, 7) is 13.5. The first kappa shape index (κ1) is 39.0. The van der Waals surface area contributed by atoms with Crippen LogP contribution in [0, 0.1) is 50.2 Å². The quantitative estimate of drug-likeness (QED) is 0.111. The van der Waals surface area contributed by atoms with Crippen LogP contribution in [0.15, 0.2) is 11.6 Å². The van der Waals surface area contributed by atoms with Crippen molar-refractivity contribution in [2.75, 3.05) is 13.2 Å². The molecule has 0 aromatic heterocycles. The Labute approximate surface area is 300 Å². The number of aliphatic hydroxyl groups excluding tert-OH is 7. The Bertz CT molecular complexity index is 1420. The van der Waals surface area contributed by atoms with Crippen molar-refractivity contribution in [3.63, 3.8) is 0 Å². The maximum absolute atomic E-state index is 12.2. The van der Waals surface area contributed by atoms with E-state index in [9.17, 15) is 50.4 Å². The van der Waals surface area contributed by atoms with E-state index in [-0.39, 0.29) is 41.8 Å². The SMILES string of the molecule is CC(=O)OCC12C(O)CC3(C)C(=CCC4C5(C)CCC(OC6OC(C(=O)O)C(O)C(O)C6O)C(C)(CO)C5CCC43C)C1CC(C)(C)C(O)C2O. The summed E-state index contributed by atoms with van der Waals surface area (Å²) in [6.07, 6.45) is -6.38. The van der Waals surface area contributed by atoms with Gasteiger partial charge in [-0.25, -0.2) is 4.79 Å². The summed E-state index contributed by atoms with van der Waals surface area (Å²) < 4.78 is 17.3. The lowest BCUT2D eigenvalue weighted by atomic mass is 9.33. The second-order valence-electron chi connectivity index (χ2n) is 18.6. The number of carboxylic acids is 1. The summed E-state index contributed by atoms with van der Waals surface area (Å²) in [4.78, 5) is 23.8. The van der Waals surface area contributed by atoms with E-state index in [1.165, 1.54) is 6.92 Å². The number of fused-ring (bicyclic) bond motifs is 7. The van der Waals surface area contributed by atoms with Crippen LogP contribution in [0.1, 0.15) is 93.4 Å². The second-order valence-corrected chi connectivity index (χ2v) is 18.6. The predicted molar refractivity (Wildman–Crippen MR) is 180 cm³/mol. The minimum atomic E-state index is -1.84. The number of ether oxygens (including phenoxy) is 3. The molecule has 5 fully saturated rings. The molecule has 0 aromatic carbocycles. The number of carbonyl (C=O) groups excluding carboxylic acids is 1. The summed E-state index contributed by atoms with van der Waals surface area (Å²) in [5.41, 5.74) is -2.75. The molecule has 0 spiro atoms. The van der Waals surface area contributed by atoms with Crippen molar-refractivity contribution in [1.29, 1.82) is 0 Å². The van der Waals surface area contributed by atoms with Gasteiger partial charge < -0.3 is 55.1 Å². The van der Waals surface area contributed by atoms with Crippen LogP contribution >= 0.6 is 0 Å². The summed E-state index contributed by atoms with van der Waals surface area (Å²) in [7, 11) is 0. The standard InChI is InChI=1S/C38H60O13/c1-18(40)49-17-38-20(14-33(2,3)29(45)30(38)46)19-8-9-22-34(4)12-11-24(50-32-27(44)25(42)26(43)28(51-32)31(47)48)35(5,16-39)21(34)10-13-36(22,6)37(19,7)15-23(38)41/h8,20-30,32,39,41-46H,9-17H2,1-7H3,(H,47,48). The third kappa shape index (κ3) is 5.34. The van der Waals surface area contributed by atoms with Gasteiger partial charge in [0.2, 0.25) is 0 Å². The van der Waals surface area contributed by atoms with Gasteiger partial charge in [0.05, 0.1) is 36.4 Å². The van der Waals surface area contributed by atoms with E-state index in [0.29, 0.717) is 38.5 Å². The van der Waals surface area contributed by atoms with Crippen molar-refractivity contribution in [3.05, 3.63) is 11.6 Å². The third-order valence-corrected chi connectivity index (χ3v) is 15.9. The summed E-state index contributed by atoms with van der Waals surface area (Å²) in [5, 5.41) is 87.3. The summed E-state index contributed by atoms with van der Waals surface area (Å²) in [5.74, 6) is -2.29. The Morgan fingerprint density at radius 2 is 1.55 bits per heavy atom. The molecular formula is C38H60O13. The largest absolute Gasteiger partial charge is 0.479 e. The Hall–Kier alpha value is -1.68. The van der Waals surface area contributed by atoms with Gasteiger partial charge in [0.15, 0.2) is 12.4 Å². The maximum Gasteiger partial charge on any atom is 0.335 e. The van der Waals surface area contributed by atoms with Crippen molar-refractivity contribution < 1.29 is 64.7 Å². The van der Waals surface area contributed by atoms with Gasteiger partial charge in [0.25, 0.3) is 0 Å². The Balaban J connectivity index is 1.34. The van der Waals surface area contributed by atoms with E-state index in [0.717, 1.165) is 12.0 Å². The van der Waals surface area contributed by atoms with Crippen LogP contribution < -0.4 is 0 Å². The van der Waals surface area contributed by atoms with Gasteiger partial charge in [-0.2, -0.15) is 0 Å². The van der Waals surface area contributed by atoms with Crippen LogP contribution in [-0.2, 0) is 23.8 Å². The van der Waals surface area contributed by atoms with Crippen LogP contribution in [0.2, 0.25) is 0 Å². The molecule has 6 aliphatic rings. The number of aliphatic hydroxyl groups is 7. The van der Waals surface area contributed by atoms with E-state index < -0.39 is 88.7 Å². The van der Waals surface area contributed by atoms with Gasteiger partial charge in [-0.1, -0.05) is 53.2 Å². The number of allylic oxidation sites excluding steroid dienone is 2. The molecule has 6 rings (SSSR count). The highest BCUT2D eigenvalue weighted by molar-refractivity contribution is 5.73. The first-order valence-electron chi connectivity index (χ1n) is 18.6. The van der Waals surface area contributed by atoms with Gasteiger partial charge in [-0.15, -0.1) is 0 Å². The highest BCUT2D eigenvalue weighted by Gasteiger charge is 2.73. The van der Waals surface area contributed by atoms with Crippen LogP contribution in [0.3, 0.4) is 0 Å². The number of hydrogen-bond acceptors (Lipinski definition) is 12. The fourth-order valence-corrected chi connectivity index (χ4v) is 12.7. The highest BCUT2D eigenvalue weighted by Crippen LogP contribution is 2.76. The average Bonchev–Trinajstić information content (AvgIpc) is 3.04. The molecule has 0 amide bonds. The predicted octanol–water partition coefficient (Wildman–Crippen LogP) is 1.51. The lowest BCUT2D eigenvalue weighted by Gasteiger charge is -2.72. The van der Waals surface area contributed by atoms with Gasteiger partial charge in [0, 0.05) is 12.3 Å². The zero-order valence-electron chi connectivity index (χ0n) is 31.0. The van der Waals surface area contributed by atoms with Crippen LogP contribution in [0.4, 0.5) is 0 Å². The molecule has 0 aromatic rings. The smallest absolute Gasteiger partial charge is 0.335 e. The number of rotatable bonds is 6. The normalized spacial score (nSPS) is 53.4. The van der Waals surface area contributed by atoms with Gasteiger partial charge in [-0.05, 0) is 84.4 Å². The Kier molecular flexibility index (Phi) is 9.71. The molecule has 13 nitrogen and oxygen atoms in total. The van der Waals surface area contributed by atoms with Gasteiger partial charge in [0.1, 0.15) is 24.9 Å². The van der Waals surface area contributed by atoms with Crippen molar-refractivity contribution in [2.24, 2.45) is 50.2 Å². The Morgan fingerprint density at radius 3 is 2.16 bits per heavy atom. The number of esters is 1. The molecule has 17 atom stereocenters. The number of carboxylic acid groups (broad SMARTS) is 1. The molecule has 0 bridgehead atoms. The van der Waals surface area contributed by atoms with Gasteiger partial charge >= 0.3 is 11.9 Å². The molecule has 8 N–H and O–H groups in total. The van der Waals surface area contributed by atoms with E-state index in [1.807, 2.05) is 20.8 Å². The first-order chi connectivity index (χ1) is 23.6. The van der Waals surface area contributed by atoms with Crippen molar-refractivity contribution in [2.45, 2.75) is 149 Å². The highest BCUT2D eigenvalue weighted by atomic mass is 16.7. The first-order valence-corrected chi connectivity index (χ1v) is 18.6. The molecule has 17 unspecified atom stereocenters. The second kappa shape index (κ2) is 12.7. The topological polar surface area (TPSA) is 224 Å². The van der Waals surface area contributed by atoms with Crippen molar-refractivity contribution in [3.8, 4) is 0 Å². The minimum absolute atomic E-state index is 0.0564. The summed E-state index contributed by atoms with van der Waals surface area (Å²) >= 11 is 0. The minimum Gasteiger partial charge on any atom is -0.479 e. The maximum atomic E-state index is 12.2. The third-order valence-electron chi connectivity index (χ3n) is 15.9. The van der Waals surface area contributed by atoms with Crippen molar-refractivity contribution >= 4 is 11.9 Å². The monoisotopic (exact) mass is 724 g/mol. The van der Waals surface area contributed by atoms with E-state index in [4.69, 9.17) is 14.2 Å². The zero-order chi connectivity index (χ0) is 37.9. The Morgan fingerprint density at radius 1 is 0.882 bits per heavy atom. The molecule has 1 aliphatic heterocycles. The zero-order valence-corrected chi connectivity index (χ0v) is 31.0. The number of aliphatic carboxylic acids is 1. The van der Waals surface area contributed by atoms with E-state index >= 15 is 0 Å². The lowest BCUT2D eigenvalue weighted by molar-refractivity contribution is -0.328. The fraction of sp³-hybridized carbons (Fsp3) is 0.895. The van der Waals surface area contributed by atoms with Crippen LogP contribution in [-0.4, -0.2) is 121 Å². The number of carbonyl (C=O) groups is 2. The van der Waals surface area contributed by atoms with Gasteiger partial charge in [-0.3, -0.25) is 4.79 Å². The fourth-order valence-electron chi connectivity index (χ4n) is 12.7. The molecular weight excluding hydrogens is 664 g/mol. The van der Waals surface area contributed by atoms with Crippen LogP contribution in [0.25, 0.3) is 0 Å². The number of hydrogen-bond donors (Lipinski definition) is 8. The molecule has 51 heavy (non-hydrogen) atoms. The van der Waals surface area contributed by atoms with Crippen molar-refractivity contribution in [1.82, 2.24) is 0 Å². The molecule has 5 aliphatic carbocycles.